The summed E-state index contributed by atoms with van der Waals surface area (Å²) in [6.07, 6.45) is 1.49. The molecule has 1 aromatic carbocycles. The van der Waals surface area contributed by atoms with Crippen molar-refractivity contribution in [2.24, 2.45) is 5.92 Å². The van der Waals surface area contributed by atoms with Gasteiger partial charge in [-0.3, -0.25) is 9.59 Å². The Bertz CT molecular complexity index is 699. The molecule has 0 bridgehead atoms. The number of hydrogen-bond donors (Lipinski definition) is 0. The van der Waals surface area contributed by atoms with Crippen LogP contribution in [-0.4, -0.2) is 48.8 Å². The summed E-state index contributed by atoms with van der Waals surface area (Å²) in [5, 5.41) is 2.05. The first-order valence-electron chi connectivity index (χ1n) is 8.20. The first-order chi connectivity index (χ1) is 11.6. The Morgan fingerprint density at radius 2 is 1.75 bits per heavy atom. The van der Waals surface area contributed by atoms with Crippen molar-refractivity contribution in [2.45, 2.75) is 12.8 Å². The first kappa shape index (κ1) is 16.7. The predicted molar refractivity (Wildman–Crippen MR) is 97.1 cm³/mol. The van der Waals surface area contributed by atoms with E-state index in [1.54, 1.807) is 30.3 Å². The Balaban J connectivity index is 1.62. The lowest BCUT2D eigenvalue weighted by Crippen LogP contribution is -2.42. The predicted octanol–water partition coefficient (Wildman–Crippen LogP) is 3.36. The van der Waals surface area contributed by atoms with Crippen LogP contribution in [0.4, 0.5) is 0 Å². The number of carbonyl (C=O) groups excluding carboxylic acids is 2. The second-order valence-corrected chi connectivity index (χ2v) is 7.30. The van der Waals surface area contributed by atoms with E-state index in [1.165, 1.54) is 4.88 Å². The van der Waals surface area contributed by atoms with Crippen molar-refractivity contribution in [3.63, 3.8) is 0 Å². The van der Waals surface area contributed by atoms with Crippen LogP contribution in [0.15, 0.2) is 41.8 Å². The van der Waals surface area contributed by atoms with Gasteiger partial charge in [-0.1, -0.05) is 18.2 Å². The summed E-state index contributed by atoms with van der Waals surface area (Å²) in [7, 11) is 3.57. The van der Waals surface area contributed by atoms with Gasteiger partial charge < -0.3 is 9.80 Å². The average Bonchev–Trinajstić information content (AvgIpc) is 3.15. The van der Waals surface area contributed by atoms with Gasteiger partial charge in [0.2, 0.25) is 5.91 Å². The average molecular weight is 342 g/mol. The van der Waals surface area contributed by atoms with Gasteiger partial charge in [0.25, 0.3) is 5.91 Å². The van der Waals surface area contributed by atoms with Gasteiger partial charge in [-0.25, -0.2) is 0 Å². The van der Waals surface area contributed by atoms with Crippen molar-refractivity contribution < 1.29 is 9.59 Å². The minimum Gasteiger partial charge on any atom is -0.349 e. The number of likely N-dealkylation sites (tertiary alicyclic amines) is 1. The number of rotatable bonds is 3. The molecular formula is C19H22N2O2S. The SMILES string of the molecule is CN(C)C(=O)C1CCN(C(=O)c2ccc(-c3cccs3)cc2)CC1. The number of thiophene rings is 1. The summed E-state index contributed by atoms with van der Waals surface area (Å²) in [5.74, 6) is 0.274. The summed E-state index contributed by atoms with van der Waals surface area (Å²) in [4.78, 5) is 29.4. The fourth-order valence-electron chi connectivity index (χ4n) is 3.10. The van der Waals surface area contributed by atoms with Gasteiger partial charge in [0.05, 0.1) is 0 Å². The molecule has 0 aliphatic carbocycles. The number of benzene rings is 1. The van der Waals surface area contributed by atoms with Gasteiger partial charge in [-0.05, 0) is 42.0 Å². The normalized spacial score (nSPS) is 15.3. The van der Waals surface area contributed by atoms with Gasteiger partial charge >= 0.3 is 0 Å². The standard InChI is InChI=1S/C19H22N2O2S/c1-20(2)18(22)16-9-11-21(12-10-16)19(23)15-7-5-14(6-8-15)17-4-3-13-24-17/h3-8,13,16H,9-12H2,1-2H3. The van der Waals surface area contributed by atoms with Gasteiger partial charge in [-0.15, -0.1) is 11.3 Å². The highest BCUT2D eigenvalue weighted by Gasteiger charge is 2.28. The molecule has 4 nitrogen and oxygen atoms in total. The highest BCUT2D eigenvalue weighted by Crippen LogP contribution is 2.26. The Morgan fingerprint density at radius 1 is 1.08 bits per heavy atom. The van der Waals surface area contributed by atoms with Crippen molar-refractivity contribution in [3.8, 4) is 10.4 Å². The summed E-state index contributed by atoms with van der Waals surface area (Å²) < 4.78 is 0. The first-order valence-corrected chi connectivity index (χ1v) is 9.08. The molecule has 1 aliphatic rings. The van der Waals surface area contributed by atoms with E-state index in [4.69, 9.17) is 0 Å². The molecule has 3 rings (SSSR count). The lowest BCUT2D eigenvalue weighted by molar-refractivity contribution is -0.134. The van der Waals surface area contributed by atoms with Crippen LogP contribution in [0.25, 0.3) is 10.4 Å². The number of hydrogen-bond acceptors (Lipinski definition) is 3. The minimum atomic E-state index is 0.0465. The second-order valence-electron chi connectivity index (χ2n) is 6.35. The topological polar surface area (TPSA) is 40.6 Å². The molecule has 1 saturated heterocycles. The van der Waals surface area contributed by atoms with Crippen LogP contribution in [0, 0.1) is 5.92 Å². The smallest absolute Gasteiger partial charge is 0.253 e. The zero-order chi connectivity index (χ0) is 17.1. The van der Waals surface area contributed by atoms with Crippen molar-refractivity contribution in [2.75, 3.05) is 27.2 Å². The van der Waals surface area contributed by atoms with Crippen LogP contribution >= 0.6 is 11.3 Å². The molecule has 2 amide bonds. The van der Waals surface area contributed by atoms with Crippen LogP contribution in [0.2, 0.25) is 0 Å². The van der Waals surface area contributed by atoms with E-state index in [1.807, 2.05) is 40.6 Å². The molecule has 1 aromatic heterocycles. The van der Waals surface area contributed by atoms with E-state index in [0.29, 0.717) is 18.7 Å². The molecule has 0 N–H and O–H groups in total. The molecule has 24 heavy (non-hydrogen) atoms. The van der Waals surface area contributed by atoms with Crippen LogP contribution in [0.5, 0.6) is 0 Å². The third-order valence-corrected chi connectivity index (χ3v) is 5.43. The van der Waals surface area contributed by atoms with Crippen LogP contribution < -0.4 is 0 Å². The van der Waals surface area contributed by atoms with Crippen molar-refractivity contribution in [1.82, 2.24) is 9.80 Å². The number of nitrogens with zero attached hydrogens (tertiary/aromatic N) is 2. The summed E-state index contributed by atoms with van der Waals surface area (Å²) >= 11 is 1.69. The quantitative estimate of drug-likeness (QED) is 0.858. The van der Waals surface area contributed by atoms with Gasteiger partial charge in [0.15, 0.2) is 0 Å². The fourth-order valence-corrected chi connectivity index (χ4v) is 3.83. The summed E-state index contributed by atoms with van der Waals surface area (Å²) in [5.41, 5.74) is 1.85. The van der Waals surface area contributed by atoms with Gasteiger partial charge in [-0.2, -0.15) is 0 Å². The molecule has 0 atom stereocenters. The van der Waals surface area contributed by atoms with Crippen molar-refractivity contribution in [3.05, 3.63) is 47.3 Å². The zero-order valence-corrected chi connectivity index (χ0v) is 14.9. The molecule has 1 aliphatic heterocycles. The van der Waals surface area contributed by atoms with E-state index in [9.17, 15) is 9.59 Å². The molecule has 0 saturated carbocycles. The van der Waals surface area contributed by atoms with Crippen molar-refractivity contribution in [1.29, 1.82) is 0 Å². The summed E-state index contributed by atoms with van der Waals surface area (Å²) in [6, 6.07) is 11.9. The van der Waals surface area contributed by atoms with Crippen LogP contribution in [0.1, 0.15) is 23.2 Å². The highest BCUT2D eigenvalue weighted by atomic mass is 32.1. The third kappa shape index (κ3) is 3.51. The second kappa shape index (κ2) is 7.18. The van der Waals surface area contributed by atoms with E-state index < -0.39 is 0 Å². The van der Waals surface area contributed by atoms with E-state index in [-0.39, 0.29) is 17.7 Å². The fraction of sp³-hybridized carbons (Fsp3) is 0.368. The largest absolute Gasteiger partial charge is 0.349 e. The molecule has 5 heteroatoms. The Hall–Kier alpha value is -2.14. The Labute approximate surface area is 146 Å². The lowest BCUT2D eigenvalue weighted by Gasteiger charge is -2.32. The third-order valence-electron chi connectivity index (χ3n) is 4.51. The minimum absolute atomic E-state index is 0.0465. The number of carbonyl (C=O) groups is 2. The van der Waals surface area contributed by atoms with E-state index in [0.717, 1.165) is 18.4 Å². The Kier molecular flexibility index (Phi) is 5.00. The van der Waals surface area contributed by atoms with Gasteiger partial charge in [0, 0.05) is 43.5 Å². The molecule has 126 valence electrons. The molecular weight excluding hydrogens is 320 g/mol. The van der Waals surface area contributed by atoms with Crippen molar-refractivity contribution >= 4 is 23.2 Å². The summed E-state index contributed by atoms with van der Waals surface area (Å²) in [6.45, 7) is 1.30. The number of amides is 2. The van der Waals surface area contributed by atoms with Crippen LogP contribution in [-0.2, 0) is 4.79 Å². The lowest BCUT2D eigenvalue weighted by atomic mass is 9.95. The Morgan fingerprint density at radius 3 is 2.29 bits per heavy atom. The zero-order valence-electron chi connectivity index (χ0n) is 14.1. The molecule has 0 spiro atoms. The molecule has 0 unspecified atom stereocenters. The maximum Gasteiger partial charge on any atom is 0.253 e. The number of piperidine rings is 1. The molecule has 0 radical (unpaired) electrons. The van der Waals surface area contributed by atoms with Gasteiger partial charge in [0.1, 0.15) is 0 Å². The molecule has 1 fully saturated rings. The maximum atomic E-state index is 12.6. The monoisotopic (exact) mass is 342 g/mol. The van der Waals surface area contributed by atoms with E-state index in [2.05, 4.69) is 6.07 Å². The highest BCUT2D eigenvalue weighted by molar-refractivity contribution is 7.13. The van der Waals surface area contributed by atoms with Crippen LogP contribution in [0.3, 0.4) is 0 Å². The molecule has 2 heterocycles. The maximum absolute atomic E-state index is 12.6. The molecule has 2 aromatic rings. The van der Waals surface area contributed by atoms with E-state index >= 15 is 0 Å².